The van der Waals surface area contributed by atoms with Gasteiger partial charge in [-0.2, -0.15) is 0 Å². The van der Waals surface area contributed by atoms with Crippen LogP contribution >= 0.6 is 0 Å². The summed E-state index contributed by atoms with van der Waals surface area (Å²) in [6, 6.07) is 0. The molecule has 7 heavy (non-hydrogen) atoms. The second-order valence-corrected chi connectivity index (χ2v) is 1.91. The first-order chi connectivity index (χ1) is 3.27. The average Bonchev–Trinajstić information content (AvgIpc) is 1.61. The van der Waals surface area contributed by atoms with Gasteiger partial charge in [-0.15, -0.1) is 0 Å². The molecular weight excluding hydrogens is 86.1 g/mol. The van der Waals surface area contributed by atoms with Gasteiger partial charge in [0.2, 0.25) is 0 Å². The van der Waals surface area contributed by atoms with Gasteiger partial charge in [0.05, 0.1) is 0 Å². The summed E-state index contributed by atoms with van der Waals surface area (Å²) < 4.78 is 0. The molecule has 0 amide bonds. The van der Waals surface area contributed by atoms with Crippen molar-refractivity contribution >= 4 is 0 Å². The Balaban J connectivity index is 3.08. The monoisotopic (exact) mass is 99.1 g/mol. The van der Waals surface area contributed by atoms with Crippen molar-refractivity contribution in [1.29, 1.82) is 0 Å². The highest BCUT2D eigenvalue weighted by molar-refractivity contribution is 4.84. The minimum Gasteiger partial charge on any atom is -0.327 e. The third-order valence-corrected chi connectivity index (χ3v) is 0.657. The maximum Gasteiger partial charge on any atom is 0.0106 e. The van der Waals surface area contributed by atoms with Gasteiger partial charge in [-0.25, -0.2) is 0 Å². The van der Waals surface area contributed by atoms with Crippen LogP contribution in [0.4, 0.5) is 0 Å². The summed E-state index contributed by atoms with van der Waals surface area (Å²) in [6.07, 6.45) is 4.07. The maximum absolute atomic E-state index is 5.19. The van der Waals surface area contributed by atoms with Gasteiger partial charge in [0, 0.05) is 6.54 Å². The van der Waals surface area contributed by atoms with E-state index in [1.54, 1.807) is 0 Å². The SMILES string of the molecule is CC(C)/C=C\CN. The summed E-state index contributed by atoms with van der Waals surface area (Å²) in [4.78, 5) is 0. The van der Waals surface area contributed by atoms with E-state index in [4.69, 9.17) is 5.73 Å². The van der Waals surface area contributed by atoms with Crippen LogP contribution < -0.4 is 5.73 Å². The van der Waals surface area contributed by atoms with E-state index in [1.807, 2.05) is 6.08 Å². The van der Waals surface area contributed by atoms with E-state index in [-0.39, 0.29) is 0 Å². The van der Waals surface area contributed by atoms with Crippen molar-refractivity contribution in [3.8, 4) is 0 Å². The Morgan fingerprint density at radius 3 is 2.29 bits per heavy atom. The van der Waals surface area contributed by atoms with Crippen molar-refractivity contribution < 1.29 is 0 Å². The van der Waals surface area contributed by atoms with Gasteiger partial charge in [0.25, 0.3) is 0 Å². The molecule has 42 valence electrons. The second-order valence-electron chi connectivity index (χ2n) is 1.91. The highest BCUT2D eigenvalue weighted by Gasteiger charge is 1.78. The molecule has 0 atom stereocenters. The molecule has 1 nitrogen and oxygen atoms in total. The van der Waals surface area contributed by atoms with Gasteiger partial charge in [-0.05, 0) is 5.92 Å². The lowest BCUT2D eigenvalue weighted by Crippen LogP contribution is -1.93. The van der Waals surface area contributed by atoms with Crippen LogP contribution in [0, 0.1) is 5.92 Å². The molecule has 0 aromatic rings. The quantitative estimate of drug-likeness (QED) is 0.516. The van der Waals surface area contributed by atoms with Crippen LogP contribution in [0.25, 0.3) is 0 Å². The Bertz CT molecular complexity index is 55.2. The lowest BCUT2D eigenvalue weighted by molar-refractivity contribution is 0.828. The van der Waals surface area contributed by atoms with Gasteiger partial charge in [0.15, 0.2) is 0 Å². The van der Waals surface area contributed by atoms with E-state index in [0.717, 1.165) is 0 Å². The van der Waals surface area contributed by atoms with Crippen molar-refractivity contribution in [1.82, 2.24) is 0 Å². The fourth-order valence-corrected chi connectivity index (χ4v) is 0.351. The van der Waals surface area contributed by atoms with Gasteiger partial charge in [-0.3, -0.25) is 0 Å². The largest absolute Gasteiger partial charge is 0.327 e. The highest BCUT2D eigenvalue weighted by atomic mass is 14.5. The number of hydrogen-bond donors (Lipinski definition) is 1. The first-order valence-electron chi connectivity index (χ1n) is 2.64. The zero-order valence-corrected chi connectivity index (χ0v) is 5.02. The molecule has 0 spiro atoms. The lowest BCUT2D eigenvalue weighted by atomic mass is 10.2. The fourth-order valence-electron chi connectivity index (χ4n) is 0.351. The molecule has 0 radical (unpaired) electrons. The molecule has 0 aromatic carbocycles. The summed E-state index contributed by atoms with van der Waals surface area (Å²) in [5.74, 6) is 0.642. The number of hydrogen-bond acceptors (Lipinski definition) is 1. The molecule has 0 aliphatic carbocycles. The van der Waals surface area contributed by atoms with Crippen molar-refractivity contribution in [2.24, 2.45) is 11.7 Å². The maximum atomic E-state index is 5.19. The summed E-state index contributed by atoms with van der Waals surface area (Å²) in [6.45, 7) is 4.93. The van der Waals surface area contributed by atoms with Crippen LogP contribution in [0.3, 0.4) is 0 Å². The fraction of sp³-hybridized carbons (Fsp3) is 0.667. The molecule has 0 aliphatic heterocycles. The zero-order chi connectivity index (χ0) is 5.70. The Morgan fingerprint density at radius 2 is 2.14 bits per heavy atom. The molecular formula is C6H13N. The Kier molecular flexibility index (Phi) is 3.71. The lowest BCUT2D eigenvalue weighted by Gasteiger charge is -1.89. The van der Waals surface area contributed by atoms with Gasteiger partial charge in [0.1, 0.15) is 0 Å². The smallest absolute Gasteiger partial charge is 0.0106 e. The minimum absolute atomic E-state index is 0.642. The Hall–Kier alpha value is -0.300. The van der Waals surface area contributed by atoms with Crippen LogP contribution in [-0.4, -0.2) is 6.54 Å². The third kappa shape index (κ3) is 5.70. The van der Waals surface area contributed by atoms with E-state index < -0.39 is 0 Å². The van der Waals surface area contributed by atoms with Crippen molar-refractivity contribution in [2.45, 2.75) is 13.8 Å². The summed E-state index contributed by atoms with van der Waals surface area (Å²) in [7, 11) is 0. The topological polar surface area (TPSA) is 26.0 Å². The molecule has 0 bridgehead atoms. The van der Waals surface area contributed by atoms with E-state index in [1.165, 1.54) is 0 Å². The third-order valence-electron chi connectivity index (χ3n) is 0.657. The van der Waals surface area contributed by atoms with Crippen LogP contribution in [0.5, 0.6) is 0 Å². The molecule has 0 rings (SSSR count). The molecule has 1 heteroatoms. The standard InChI is InChI=1S/C6H13N/c1-6(2)4-3-5-7/h3-4,6H,5,7H2,1-2H3/b4-3-. The average molecular weight is 99.2 g/mol. The molecule has 0 aromatic heterocycles. The molecule has 0 saturated heterocycles. The Morgan fingerprint density at radius 1 is 1.57 bits per heavy atom. The first-order valence-corrected chi connectivity index (χ1v) is 2.64. The number of allylic oxidation sites excluding steroid dienone is 1. The van der Waals surface area contributed by atoms with Crippen LogP contribution in [0.15, 0.2) is 12.2 Å². The second kappa shape index (κ2) is 3.88. The minimum atomic E-state index is 0.642. The predicted octanol–water partition coefficient (Wildman–Crippen LogP) is 1.16. The molecule has 0 heterocycles. The first kappa shape index (κ1) is 6.70. The summed E-state index contributed by atoms with van der Waals surface area (Å²) in [5.41, 5.74) is 5.19. The molecule has 0 unspecified atom stereocenters. The van der Waals surface area contributed by atoms with Crippen molar-refractivity contribution in [3.05, 3.63) is 12.2 Å². The van der Waals surface area contributed by atoms with E-state index in [2.05, 4.69) is 19.9 Å². The van der Waals surface area contributed by atoms with Crippen LogP contribution in [-0.2, 0) is 0 Å². The predicted molar refractivity (Wildman–Crippen MR) is 33.0 cm³/mol. The van der Waals surface area contributed by atoms with Gasteiger partial charge >= 0.3 is 0 Å². The summed E-state index contributed by atoms with van der Waals surface area (Å²) in [5, 5.41) is 0. The van der Waals surface area contributed by atoms with E-state index >= 15 is 0 Å². The van der Waals surface area contributed by atoms with E-state index in [9.17, 15) is 0 Å². The van der Waals surface area contributed by atoms with Gasteiger partial charge in [-0.1, -0.05) is 26.0 Å². The van der Waals surface area contributed by atoms with Gasteiger partial charge < -0.3 is 5.73 Å². The molecule has 0 saturated carbocycles. The van der Waals surface area contributed by atoms with E-state index in [0.29, 0.717) is 12.5 Å². The van der Waals surface area contributed by atoms with Crippen LogP contribution in [0.2, 0.25) is 0 Å². The molecule has 0 fully saturated rings. The highest BCUT2D eigenvalue weighted by Crippen LogP contribution is 1.90. The molecule has 0 aliphatic rings. The zero-order valence-electron chi connectivity index (χ0n) is 5.02. The molecule has 2 N–H and O–H groups in total. The van der Waals surface area contributed by atoms with Crippen molar-refractivity contribution in [2.75, 3.05) is 6.54 Å². The van der Waals surface area contributed by atoms with Crippen molar-refractivity contribution in [3.63, 3.8) is 0 Å². The van der Waals surface area contributed by atoms with Crippen LogP contribution in [0.1, 0.15) is 13.8 Å². The number of rotatable bonds is 2. The summed E-state index contributed by atoms with van der Waals surface area (Å²) >= 11 is 0. The normalized spacial score (nSPS) is 11.4. The number of nitrogens with two attached hydrogens (primary N) is 1. The Labute approximate surface area is 45.2 Å².